The Morgan fingerprint density at radius 1 is 1.33 bits per heavy atom. The molecule has 0 aliphatic carbocycles. The van der Waals surface area contributed by atoms with Gasteiger partial charge in [-0.05, 0) is 18.1 Å². The molecule has 0 aromatic heterocycles. The molecule has 0 saturated carbocycles. The van der Waals surface area contributed by atoms with Crippen LogP contribution in [0.3, 0.4) is 0 Å². The fraction of sp³-hybridized carbons (Fsp3) is 0.364. The van der Waals surface area contributed by atoms with E-state index >= 15 is 0 Å². The van der Waals surface area contributed by atoms with Gasteiger partial charge in [-0.1, -0.05) is 24.3 Å². The summed E-state index contributed by atoms with van der Waals surface area (Å²) in [5.41, 5.74) is 7.66. The number of amides is 2. The second kappa shape index (κ2) is 6.03. The Morgan fingerprint density at radius 2 is 2.07 bits per heavy atom. The normalized spacial score (nSPS) is 9.73. The molecule has 0 radical (unpaired) electrons. The molecular weight excluding hydrogens is 190 g/mol. The summed E-state index contributed by atoms with van der Waals surface area (Å²) in [5, 5.41) is 5.43. The Balaban J connectivity index is 2.46. The summed E-state index contributed by atoms with van der Waals surface area (Å²) in [7, 11) is 0. The maximum atomic E-state index is 11.1. The average Bonchev–Trinajstić information content (AvgIpc) is 2.27. The number of urea groups is 1. The first-order chi connectivity index (χ1) is 7.26. The zero-order valence-electron chi connectivity index (χ0n) is 8.92. The van der Waals surface area contributed by atoms with Crippen LogP contribution in [0.5, 0.6) is 0 Å². The van der Waals surface area contributed by atoms with E-state index in [2.05, 4.69) is 10.6 Å². The smallest absolute Gasteiger partial charge is 0.315 e. The molecule has 0 spiro atoms. The fourth-order valence-corrected chi connectivity index (χ4v) is 1.27. The number of hydrogen-bond donors (Lipinski definition) is 3. The molecule has 0 unspecified atom stereocenters. The van der Waals surface area contributed by atoms with Crippen LogP contribution in [-0.4, -0.2) is 12.6 Å². The third-order valence-corrected chi connectivity index (χ3v) is 2.02. The van der Waals surface area contributed by atoms with Gasteiger partial charge >= 0.3 is 6.03 Å². The van der Waals surface area contributed by atoms with Gasteiger partial charge in [0, 0.05) is 19.6 Å². The van der Waals surface area contributed by atoms with Crippen LogP contribution in [0.1, 0.15) is 18.1 Å². The summed E-state index contributed by atoms with van der Waals surface area (Å²) >= 11 is 0. The number of carbonyl (C=O) groups excluding carboxylic acids is 1. The van der Waals surface area contributed by atoms with Crippen molar-refractivity contribution in [3.63, 3.8) is 0 Å². The van der Waals surface area contributed by atoms with Crippen LogP contribution >= 0.6 is 0 Å². The van der Waals surface area contributed by atoms with Crippen LogP contribution in [0.15, 0.2) is 24.3 Å². The van der Waals surface area contributed by atoms with Crippen LogP contribution in [0.2, 0.25) is 0 Å². The molecule has 0 bridgehead atoms. The van der Waals surface area contributed by atoms with Gasteiger partial charge in [-0.15, -0.1) is 0 Å². The molecule has 2 amide bonds. The summed E-state index contributed by atoms with van der Waals surface area (Å²) in [6.45, 7) is 3.57. The van der Waals surface area contributed by atoms with Crippen molar-refractivity contribution in [1.82, 2.24) is 10.6 Å². The van der Waals surface area contributed by atoms with Crippen molar-refractivity contribution in [1.29, 1.82) is 0 Å². The largest absolute Gasteiger partial charge is 0.338 e. The number of rotatable bonds is 4. The minimum Gasteiger partial charge on any atom is -0.338 e. The van der Waals surface area contributed by atoms with Crippen LogP contribution < -0.4 is 16.4 Å². The van der Waals surface area contributed by atoms with Gasteiger partial charge in [0.25, 0.3) is 0 Å². The van der Waals surface area contributed by atoms with Crippen LogP contribution in [0, 0.1) is 0 Å². The van der Waals surface area contributed by atoms with Gasteiger partial charge in [-0.25, -0.2) is 4.79 Å². The summed E-state index contributed by atoms with van der Waals surface area (Å²) in [6.07, 6.45) is 0. The molecule has 0 fully saturated rings. The van der Waals surface area contributed by atoms with E-state index in [0.717, 1.165) is 11.1 Å². The first-order valence-electron chi connectivity index (χ1n) is 5.06. The fourth-order valence-electron chi connectivity index (χ4n) is 1.27. The van der Waals surface area contributed by atoms with Crippen molar-refractivity contribution in [2.24, 2.45) is 5.73 Å². The number of hydrogen-bond acceptors (Lipinski definition) is 2. The molecule has 15 heavy (non-hydrogen) atoms. The zero-order valence-corrected chi connectivity index (χ0v) is 8.92. The molecule has 1 rings (SSSR count). The van der Waals surface area contributed by atoms with Gasteiger partial charge < -0.3 is 16.4 Å². The second-order valence-electron chi connectivity index (χ2n) is 3.24. The van der Waals surface area contributed by atoms with Crippen molar-refractivity contribution in [3.8, 4) is 0 Å². The van der Waals surface area contributed by atoms with E-state index in [9.17, 15) is 4.79 Å². The van der Waals surface area contributed by atoms with Crippen molar-refractivity contribution >= 4 is 6.03 Å². The lowest BCUT2D eigenvalue weighted by Crippen LogP contribution is -2.34. The van der Waals surface area contributed by atoms with Crippen LogP contribution in [0.25, 0.3) is 0 Å². The Labute approximate surface area is 89.9 Å². The second-order valence-corrected chi connectivity index (χ2v) is 3.24. The summed E-state index contributed by atoms with van der Waals surface area (Å²) in [5.74, 6) is 0. The number of carbonyl (C=O) groups is 1. The predicted octanol–water partition coefficient (Wildman–Crippen LogP) is 0.964. The summed E-state index contributed by atoms with van der Waals surface area (Å²) in [4.78, 5) is 11.1. The van der Waals surface area contributed by atoms with E-state index in [1.165, 1.54) is 0 Å². The molecule has 82 valence electrons. The highest BCUT2D eigenvalue weighted by Crippen LogP contribution is 2.03. The molecule has 4 heteroatoms. The first-order valence-corrected chi connectivity index (χ1v) is 5.06. The van der Waals surface area contributed by atoms with Gasteiger partial charge in [0.2, 0.25) is 0 Å². The van der Waals surface area contributed by atoms with E-state index in [1.807, 2.05) is 31.2 Å². The van der Waals surface area contributed by atoms with E-state index in [1.54, 1.807) is 0 Å². The molecule has 4 nitrogen and oxygen atoms in total. The van der Waals surface area contributed by atoms with Gasteiger partial charge in [0.05, 0.1) is 0 Å². The van der Waals surface area contributed by atoms with Crippen LogP contribution in [0.4, 0.5) is 4.79 Å². The molecule has 0 aliphatic rings. The Kier molecular flexibility index (Phi) is 4.63. The lowest BCUT2D eigenvalue weighted by Gasteiger charge is -2.06. The third kappa shape index (κ3) is 3.99. The molecular formula is C11H17N3O. The standard InChI is InChI=1S/C11H17N3O/c1-2-13-11(15)14-8-10-5-3-4-9(6-10)7-12/h3-6H,2,7-8,12H2,1H3,(H2,13,14,15). The highest BCUT2D eigenvalue weighted by molar-refractivity contribution is 5.73. The van der Waals surface area contributed by atoms with Gasteiger partial charge in [-0.2, -0.15) is 0 Å². The van der Waals surface area contributed by atoms with Gasteiger partial charge in [0.1, 0.15) is 0 Å². The predicted molar refractivity (Wildman–Crippen MR) is 60.2 cm³/mol. The molecule has 0 atom stereocenters. The summed E-state index contributed by atoms with van der Waals surface area (Å²) in [6, 6.07) is 7.72. The first kappa shape index (κ1) is 11.5. The van der Waals surface area contributed by atoms with E-state index < -0.39 is 0 Å². The molecule has 1 aromatic rings. The monoisotopic (exact) mass is 207 g/mol. The van der Waals surface area contributed by atoms with Gasteiger partial charge in [0.15, 0.2) is 0 Å². The average molecular weight is 207 g/mol. The van der Waals surface area contributed by atoms with E-state index in [0.29, 0.717) is 19.6 Å². The molecule has 0 saturated heterocycles. The molecule has 0 heterocycles. The van der Waals surface area contributed by atoms with E-state index in [-0.39, 0.29) is 6.03 Å². The van der Waals surface area contributed by atoms with Gasteiger partial charge in [-0.3, -0.25) is 0 Å². The topological polar surface area (TPSA) is 67.2 Å². The Hall–Kier alpha value is -1.55. The Morgan fingerprint density at radius 3 is 2.73 bits per heavy atom. The zero-order chi connectivity index (χ0) is 11.1. The lowest BCUT2D eigenvalue weighted by atomic mass is 10.1. The minimum atomic E-state index is -0.143. The number of nitrogens with one attached hydrogen (secondary N) is 2. The maximum Gasteiger partial charge on any atom is 0.315 e. The molecule has 4 N–H and O–H groups in total. The van der Waals surface area contributed by atoms with Crippen molar-refractivity contribution in [3.05, 3.63) is 35.4 Å². The van der Waals surface area contributed by atoms with Crippen molar-refractivity contribution < 1.29 is 4.79 Å². The molecule has 0 aliphatic heterocycles. The van der Waals surface area contributed by atoms with Crippen molar-refractivity contribution in [2.45, 2.75) is 20.0 Å². The molecule has 1 aromatic carbocycles. The summed E-state index contributed by atoms with van der Waals surface area (Å²) < 4.78 is 0. The highest BCUT2D eigenvalue weighted by atomic mass is 16.2. The quantitative estimate of drug-likeness (QED) is 0.688. The highest BCUT2D eigenvalue weighted by Gasteiger charge is 1.98. The van der Waals surface area contributed by atoms with E-state index in [4.69, 9.17) is 5.73 Å². The number of benzene rings is 1. The lowest BCUT2D eigenvalue weighted by molar-refractivity contribution is 0.241. The minimum absolute atomic E-state index is 0.143. The Bertz CT molecular complexity index is 325. The number of nitrogens with two attached hydrogens (primary N) is 1. The SMILES string of the molecule is CCNC(=O)NCc1cccc(CN)c1. The van der Waals surface area contributed by atoms with Crippen LogP contribution in [-0.2, 0) is 13.1 Å². The maximum absolute atomic E-state index is 11.1. The van der Waals surface area contributed by atoms with Crippen molar-refractivity contribution in [2.75, 3.05) is 6.54 Å². The third-order valence-electron chi connectivity index (χ3n) is 2.02.